The standard InChI is InChI=1S/C21H22N4O3S/c1-2-7-19(26)22-15-8-6-11-17(12-15)29-14-20(27)23-18-13-21(28)25(24-18)16-9-4-3-5-10-16/h3-6,8-12H,2,7,13-14H2,1H3,(H,22,26)(H,23,24,27). The van der Waals surface area contributed by atoms with Crippen LogP contribution >= 0.6 is 11.8 Å². The number of carbonyl (C=O) groups excluding carboxylic acids is 3. The van der Waals surface area contributed by atoms with Gasteiger partial charge in [0.25, 0.3) is 5.91 Å². The molecule has 0 atom stereocenters. The minimum Gasteiger partial charge on any atom is -0.326 e. The summed E-state index contributed by atoms with van der Waals surface area (Å²) in [5.41, 5.74) is 1.37. The molecule has 0 bridgehead atoms. The van der Waals surface area contributed by atoms with E-state index in [1.165, 1.54) is 16.8 Å². The molecular formula is C21H22N4O3S. The second kappa shape index (κ2) is 9.88. The molecular weight excluding hydrogens is 388 g/mol. The summed E-state index contributed by atoms with van der Waals surface area (Å²) in [6, 6.07) is 16.4. The molecule has 0 unspecified atom stereocenters. The van der Waals surface area contributed by atoms with Crippen LogP contribution < -0.4 is 15.6 Å². The van der Waals surface area contributed by atoms with Gasteiger partial charge >= 0.3 is 0 Å². The second-order valence-electron chi connectivity index (χ2n) is 6.43. The number of carbonyl (C=O) groups is 3. The Morgan fingerprint density at radius 2 is 1.86 bits per heavy atom. The van der Waals surface area contributed by atoms with Crippen LogP contribution in [0.4, 0.5) is 11.4 Å². The van der Waals surface area contributed by atoms with Gasteiger partial charge in [-0.2, -0.15) is 10.1 Å². The highest BCUT2D eigenvalue weighted by molar-refractivity contribution is 8.00. The predicted molar refractivity (Wildman–Crippen MR) is 115 cm³/mol. The lowest BCUT2D eigenvalue weighted by molar-refractivity contribution is -0.117. The molecule has 1 aliphatic rings. The van der Waals surface area contributed by atoms with Crippen LogP contribution in [0.15, 0.2) is 64.6 Å². The molecule has 0 aromatic heterocycles. The number of anilines is 2. The average molecular weight is 410 g/mol. The van der Waals surface area contributed by atoms with Crippen molar-refractivity contribution in [3.05, 3.63) is 54.6 Å². The molecule has 0 fully saturated rings. The Balaban J connectivity index is 1.53. The maximum absolute atomic E-state index is 12.3. The van der Waals surface area contributed by atoms with Gasteiger partial charge in [0.15, 0.2) is 0 Å². The normalized spacial score (nSPS) is 13.2. The minimum atomic E-state index is -0.239. The molecule has 3 rings (SSSR count). The molecule has 3 amide bonds. The highest BCUT2D eigenvalue weighted by atomic mass is 32.2. The maximum atomic E-state index is 12.3. The number of benzene rings is 2. The Labute approximate surface area is 173 Å². The summed E-state index contributed by atoms with van der Waals surface area (Å²) in [5.74, 6) is 0.0566. The Bertz CT molecular complexity index is 931. The van der Waals surface area contributed by atoms with Crippen molar-refractivity contribution in [2.24, 2.45) is 5.10 Å². The van der Waals surface area contributed by atoms with Gasteiger partial charge in [-0.15, -0.1) is 11.8 Å². The summed E-state index contributed by atoms with van der Waals surface area (Å²) in [6.07, 6.45) is 1.32. The van der Waals surface area contributed by atoms with Gasteiger partial charge in [-0.1, -0.05) is 31.2 Å². The van der Waals surface area contributed by atoms with Crippen LogP contribution in [0.25, 0.3) is 0 Å². The highest BCUT2D eigenvalue weighted by Crippen LogP contribution is 2.22. The number of para-hydroxylation sites is 1. The Morgan fingerprint density at radius 3 is 2.62 bits per heavy atom. The summed E-state index contributed by atoms with van der Waals surface area (Å²) in [7, 11) is 0. The van der Waals surface area contributed by atoms with Gasteiger partial charge in [0, 0.05) is 17.0 Å². The number of nitrogens with one attached hydrogen (secondary N) is 2. The zero-order valence-corrected chi connectivity index (χ0v) is 16.9. The third-order valence-corrected chi connectivity index (χ3v) is 5.02. The molecule has 0 radical (unpaired) electrons. The van der Waals surface area contributed by atoms with Gasteiger partial charge in [-0.05, 0) is 36.8 Å². The molecule has 2 N–H and O–H groups in total. The van der Waals surface area contributed by atoms with Gasteiger partial charge in [0.05, 0.1) is 17.9 Å². The molecule has 1 aliphatic heterocycles. The first-order valence-electron chi connectivity index (χ1n) is 9.33. The van der Waals surface area contributed by atoms with E-state index in [2.05, 4.69) is 15.7 Å². The maximum Gasteiger partial charge on any atom is 0.255 e. The zero-order valence-electron chi connectivity index (χ0n) is 16.1. The van der Waals surface area contributed by atoms with Crippen LogP contribution in [0, 0.1) is 0 Å². The number of hydrazone groups is 1. The van der Waals surface area contributed by atoms with E-state index >= 15 is 0 Å². The topological polar surface area (TPSA) is 90.9 Å². The summed E-state index contributed by atoms with van der Waals surface area (Å²) < 4.78 is 0. The first-order valence-corrected chi connectivity index (χ1v) is 10.3. The number of amides is 3. The number of nitrogens with zero attached hydrogens (tertiary/aromatic N) is 2. The molecule has 29 heavy (non-hydrogen) atoms. The molecule has 8 heteroatoms. The summed E-state index contributed by atoms with van der Waals surface area (Å²) in [5, 5.41) is 11.0. The van der Waals surface area contributed by atoms with Crippen molar-refractivity contribution in [3.63, 3.8) is 0 Å². The fourth-order valence-electron chi connectivity index (χ4n) is 2.73. The number of rotatable bonds is 7. The monoisotopic (exact) mass is 410 g/mol. The van der Waals surface area contributed by atoms with Crippen LogP contribution in [-0.4, -0.2) is 29.3 Å². The van der Waals surface area contributed by atoms with E-state index in [1.807, 2.05) is 49.4 Å². The van der Waals surface area contributed by atoms with Crippen LogP contribution in [0.1, 0.15) is 26.2 Å². The van der Waals surface area contributed by atoms with Gasteiger partial charge in [-0.25, -0.2) is 0 Å². The lowest BCUT2D eigenvalue weighted by Gasteiger charge is -2.10. The molecule has 0 saturated carbocycles. The summed E-state index contributed by atoms with van der Waals surface area (Å²) in [6.45, 7) is 1.95. The quantitative estimate of drug-likeness (QED) is 0.685. The van der Waals surface area contributed by atoms with E-state index in [0.29, 0.717) is 23.6 Å². The van der Waals surface area contributed by atoms with E-state index < -0.39 is 0 Å². The van der Waals surface area contributed by atoms with Gasteiger partial charge in [0.1, 0.15) is 5.84 Å². The Morgan fingerprint density at radius 1 is 1.07 bits per heavy atom. The zero-order chi connectivity index (χ0) is 20.6. The van der Waals surface area contributed by atoms with Crippen LogP contribution in [0.3, 0.4) is 0 Å². The van der Waals surface area contributed by atoms with E-state index in [9.17, 15) is 14.4 Å². The predicted octanol–water partition coefficient (Wildman–Crippen LogP) is 3.38. The van der Waals surface area contributed by atoms with Crippen molar-refractivity contribution in [1.29, 1.82) is 0 Å². The van der Waals surface area contributed by atoms with Gasteiger partial charge in [-0.3, -0.25) is 14.4 Å². The van der Waals surface area contributed by atoms with Crippen molar-refractivity contribution in [3.8, 4) is 0 Å². The fraction of sp³-hybridized carbons (Fsp3) is 0.238. The van der Waals surface area contributed by atoms with E-state index in [4.69, 9.17) is 0 Å². The number of hydrogen-bond donors (Lipinski definition) is 2. The fourth-order valence-corrected chi connectivity index (χ4v) is 3.49. The third kappa shape index (κ3) is 5.92. The molecule has 2 aromatic carbocycles. The molecule has 150 valence electrons. The molecule has 0 aliphatic carbocycles. The second-order valence-corrected chi connectivity index (χ2v) is 7.48. The van der Waals surface area contributed by atoms with E-state index in [1.54, 1.807) is 12.1 Å². The van der Waals surface area contributed by atoms with Gasteiger partial charge < -0.3 is 10.6 Å². The van der Waals surface area contributed by atoms with E-state index in [-0.39, 0.29) is 29.9 Å². The average Bonchev–Trinajstić information content (AvgIpc) is 3.07. The first-order chi connectivity index (χ1) is 14.0. The van der Waals surface area contributed by atoms with Crippen molar-refractivity contribution in [1.82, 2.24) is 5.32 Å². The van der Waals surface area contributed by atoms with Crippen LogP contribution in [0.5, 0.6) is 0 Å². The summed E-state index contributed by atoms with van der Waals surface area (Å²) in [4.78, 5) is 37.0. The number of thioether (sulfide) groups is 1. The molecule has 0 saturated heterocycles. The third-order valence-electron chi connectivity index (χ3n) is 4.02. The number of hydrogen-bond acceptors (Lipinski definition) is 5. The number of amidine groups is 1. The molecule has 7 nitrogen and oxygen atoms in total. The van der Waals surface area contributed by atoms with Crippen LogP contribution in [-0.2, 0) is 14.4 Å². The Kier molecular flexibility index (Phi) is 7.02. The van der Waals surface area contributed by atoms with Crippen molar-refractivity contribution in [2.75, 3.05) is 16.1 Å². The highest BCUT2D eigenvalue weighted by Gasteiger charge is 2.26. The molecule has 1 heterocycles. The van der Waals surface area contributed by atoms with E-state index in [0.717, 1.165) is 11.3 Å². The largest absolute Gasteiger partial charge is 0.326 e. The lowest BCUT2D eigenvalue weighted by Crippen LogP contribution is -2.31. The lowest BCUT2D eigenvalue weighted by atomic mass is 10.3. The van der Waals surface area contributed by atoms with Crippen molar-refractivity contribution in [2.45, 2.75) is 31.1 Å². The van der Waals surface area contributed by atoms with Gasteiger partial charge in [0.2, 0.25) is 11.8 Å². The minimum absolute atomic E-state index is 0.0284. The smallest absolute Gasteiger partial charge is 0.255 e. The van der Waals surface area contributed by atoms with Crippen LogP contribution in [0.2, 0.25) is 0 Å². The SMILES string of the molecule is CCCC(=O)Nc1cccc(SCC(=O)NC2=NN(c3ccccc3)C(=O)C2)c1. The molecule has 2 aromatic rings. The van der Waals surface area contributed by atoms with Crippen molar-refractivity contribution >= 4 is 46.7 Å². The molecule has 0 spiro atoms. The Hall–Kier alpha value is -3.13. The first kappa shape index (κ1) is 20.6. The summed E-state index contributed by atoms with van der Waals surface area (Å²) >= 11 is 1.35. The van der Waals surface area contributed by atoms with Crippen molar-refractivity contribution < 1.29 is 14.4 Å².